The van der Waals surface area contributed by atoms with E-state index in [1.165, 1.54) is 11.1 Å². The number of aromatic nitrogens is 2. The Labute approximate surface area is 218 Å². The third-order valence-corrected chi connectivity index (χ3v) is 9.97. The minimum absolute atomic E-state index is 0.0379. The molecule has 0 bridgehead atoms. The molecule has 196 valence electrons. The number of nitrogens with one attached hydrogen (secondary N) is 1. The number of thiazole rings is 1. The number of aryl methyl sites for hydroxylation is 1. The number of carbonyl (C=O) groups is 2. The van der Waals surface area contributed by atoms with Gasteiger partial charge < -0.3 is 20.6 Å². The van der Waals surface area contributed by atoms with Crippen molar-refractivity contribution in [1.82, 2.24) is 19.6 Å². The zero-order valence-corrected chi connectivity index (χ0v) is 21.9. The van der Waals surface area contributed by atoms with Crippen molar-refractivity contribution in [3.8, 4) is 0 Å². The monoisotopic (exact) mass is 544 g/mol. The number of pyridine rings is 1. The number of carbonyl (C=O) groups excluding carboxylic acids is 1. The molecule has 37 heavy (non-hydrogen) atoms. The topological polar surface area (TPSA) is 159 Å². The van der Waals surface area contributed by atoms with E-state index < -0.39 is 34.0 Å². The van der Waals surface area contributed by atoms with Crippen LogP contribution >= 0.6 is 11.3 Å². The van der Waals surface area contributed by atoms with Gasteiger partial charge in [-0.05, 0) is 54.8 Å². The average Bonchev–Trinajstić information content (AvgIpc) is 3.61. The van der Waals surface area contributed by atoms with E-state index in [1.54, 1.807) is 12.3 Å². The number of nitrogen functional groups attached to an aromatic ring is 1. The molecule has 3 aromatic rings. The van der Waals surface area contributed by atoms with Crippen LogP contribution in [0.1, 0.15) is 30.4 Å². The van der Waals surface area contributed by atoms with Gasteiger partial charge in [0.05, 0.1) is 6.20 Å². The maximum Gasteiger partial charge on any atom is 0.326 e. The first-order chi connectivity index (χ1) is 17.6. The molecular formula is C24H28N6O5S2. The minimum atomic E-state index is -3.98. The molecule has 4 heterocycles. The molecule has 2 aromatic heterocycles. The lowest BCUT2D eigenvalue weighted by atomic mass is 9.96. The van der Waals surface area contributed by atoms with E-state index in [2.05, 4.69) is 14.7 Å². The number of likely N-dealkylation sites (tertiary alicyclic amines) is 1. The maximum absolute atomic E-state index is 13.2. The normalized spacial score (nSPS) is 19.2. The summed E-state index contributed by atoms with van der Waals surface area (Å²) >= 11 is 1.07. The Kier molecular flexibility index (Phi) is 6.77. The number of carboxylic acids is 1. The summed E-state index contributed by atoms with van der Waals surface area (Å²) in [7, 11) is -3.98. The molecule has 2 fully saturated rings. The highest BCUT2D eigenvalue weighted by atomic mass is 32.2. The van der Waals surface area contributed by atoms with Crippen LogP contribution < -0.4 is 15.4 Å². The summed E-state index contributed by atoms with van der Waals surface area (Å²) in [6.45, 7) is 3.67. The zero-order valence-electron chi connectivity index (χ0n) is 20.3. The molecule has 2 aliphatic heterocycles. The number of carboxylic acid groups (broad SMARTS) is 1. The van der Waals surface area contributed by atoms with Crippen molar-refractivity contribution in [2.24, 2.45) is 0 Å². The van der Waals surface area contributed by atoms with E-state index >= 15 is 0 Å². The van der Waals surface area contributed by atoms with Crippen molar-refractivity contribution in [3.05, 3.63) is 41.7 Å². The van der Waals surface area contributed by atoms with Crippen LogP contribution in [0.25, 0.3) is 10.8 Å². The van der Waals surface area contributed by atoms with E-state index in [-0.39, 0.29) is 23.6 Å². The van der Waals surface area contributed by atoms with E-state index in [4.69, 9.17) is 5.73 Å². The number of aliphatic carboxylic acids is 1. The summed E-state index contributed by atoms with van der Waals surface area (Å²) in [5.41, 5.74) is 7.56. The van der Waals surface area contributed by atoms with Gasteiger partial charge in [-0.3, -0.25) is 4.79 Å². The largest absolute Gasteiger partial charge is 0.480 e. The van der Waals surface area contributed by atoms with Gasteiger partial charge in [0, 0.05) is 37.6 Å². The summed E-state index contributed by atoms with van der Waals surface area (Å²) in [6, 6.07) is 3.35. The lowest BCUT2D eigenvalue weighted by Crippen LogP contribution is -2.48. The van der Waals surface area contributed by atoms with Gasteiger partial charge in [-0.2, -0.15) is 4.72 Å². The van der Waals surface area contributed by atoms with Crippen molar-refractivity contribution in [3.63, 3.8) is 0 Å². The first-order valence-electron chi connectivity index (χ1n) is 12.0. The highest BCUT2D eigenvalue weighted by molar-refractivity contribution is 7.91. The number of nitrogens with two attached hydrogens (primary N) is 1. The molecule has 2 unspecified atom stereocenters. The smallest absolute Gasteiger partial charge is 0.326 e. The van der Waals surface area contributed by atoms with Gasteiger partial charge in [0.2, 0.25) is 5.91 Å². The maximum atomic E-state index is 13.2. The number of fused-ring (bicyclic) bond motifs is 1. The van der Waals surface area contributed by atoms with Crippen LogP contribution in [0.4, 0.5) is 10.9 Å². The summed E-state index contributed by atoms with van der Waals surface area (Å²) in [5, 5.41) is 12.2. The number of nitrogens with zero attached hydrogens (tertiary/aromatic N) is 4. The van der Waals surface area contributed by atoms with Crippen molar-refractivity contribution < 1.29 is 23.1 Å². The summed E-state index contributed by atoms with van der Waals surface area (Å²) in [6.07, 6.45) is 5.24. The molecule has 2 atom stereocenters. The predicted octanol–water partition coefficient (Wildman–Crippen LogP) is 1.76. The quantitative estimate of drug-likeness (QED) is 0.384. The third-order valence-electron chi connectivity index (χ3n) is 6.98. The van der Waals surface area contributed by atoms with Crippen LogP contribution in [-0.4, -0.2) is 72.0 Å². The molecule has 2 aliphatic rings. The van der Waals surface area contributed by atoms with Gasteiger partial charge in [-0.1, -0.05) is 17.4 Å². The first-order valence-corrected chi connectivity index (χ1v) is 14.3. The summed E-state index contributed by atoms with van der Waals surface area (Å²) in [4.78, 5) is 37.1. The van der Waals surface area contributed by atoms with Crippen LogP contribution in [0.5, 0.6) is 0 Å². The predicted molar refractivity (Wildman–Crippen MR) is 140 cm³/mol. The summed E-state index contributed by atoms with van der Waals surface area (Å²) in [5.74, 6) is -1.31. The van der Waals surface area contributed by atoms with Crippen LogP contribution in [0.15, 0.2) is 34.8 Å². The van der Waals surface area contributed by atoms with E-state index in [0.717, 1.165) is 59.2 Å². The van der Waals surface area contributed by atoms with Gasteiger partial charge in [0.1, 0.15) is 17.9 Å². The zero-order chi connectivity index (χ0) is 26.3. The van der Waals surface area contributed by atoms with Crippen molar-refractivity contribution in [2.75, 3.05) is 30.3 Å². The van der Waals surface area contributed by atoms with Gasteiger partial charge in [-0.15, -0.1) is 0 Å². The Morgan fingerprint density at radius 2 is 2.03 bits per heavy atom. The molecule has 0 aliphatic carbocycles. The molecule has 0 radical (unpaired) electrons. The van der Waals surface area contributed by atoms with E-state index in [0.29, 0.717) is 10.9 Å². The average molecular weight is 545 g/mol. The number of rotatable bonds is 8. The molecule has 0 spiro atoms. The molecule has 11 nitrogen and oxygen atoms in total. The lowest BCUT2D eigenvalue weighted by Gasteiger charge is -2.25. The number of amides is 1. The Morgan fingerprint density at radius 3 is 2.76 bits per heavy atom. The standard InChI is InChI=1S/C24H28N6O5S2/c1-14-10-17-15(4-6-26-21(17)25)11-16(14)12-19(23(32)33)30-9-5-18(22(30)31)28-37(34,35)20-13-27-24(36-20)29-7-2-3-8-29/h4,6,10-11,13,18-19,28H,2-3,5,7-9,12H2,1H3,(H2,25,26)(H,32,33). The van der Waals surface area contributed by atoms with E-state index in [9.17, 15) is 23.1 Å². The lowest BCUT2D eigenvalue weighted by molar-refractivity contribution is -0.148. The molecule has 1 amide bonds. The number of benzene rings is 1. The van der Waals surface area contributed by atoms with Crippen molar-refractivity contribution >= 4 is 55.0 Å². The van der Waals surface area contributed by atoms with Gasteiger partial charge in [0.15, 0.2) is 9.34 Å². The number of hydrogen-bond acceptors (Lipinski definition) is 9. The number of sulfonamides is 1. The van der Waals surface area contributed by atoms with Crippen LogP contribution in [0, 0.1) is 6.92 Å². The second-order valence-electron chi connectivity index (χ2n) is 9.40. The highest BCUT2D eigenvalue weighted by Crippen LogP contribution is 2.30. The van der Waals surface area contributed by atoms with Crippen LogP contribution in [0.2, 0.25) is 0 Å². The third kappa shape index (κ3) is 4.98. The first kappa shape index (κ1) is 25.4. The van der Waals surface area contributed by atoms with Gasteiger partial charge in [-0.25, -0.2) is 23.2 Å². The SMILES string of the molecule is Cc1cc2c(N)nccc2cc1CC(C(=O)O)N1CCC(NS(=O)(=O)c2cnc(N3CCCC3)s2)C1=O. The Hall–Kier alpha value is -3.29. The Balaban J connectivity index is 1.32. The summed E-state index contributed by atoms with van der Waals surface area (Å²) < 4.78 is 28.5. The fourth-order valence-corrected chi connectivity index (χ4v) is 7.36. The number of hydrogen-bond donors (Lipinski definition) is 3. The van der Waals surface area contributed by atoms with Crippen molar-refractivity contribution in [2.45, 2.75) is 48.9 Å². The van der Waals surface area contributed by atoms with E-state index in [1.807, 2.05) is 24.0 Å². The number of anilines is 2. The second-order valence-corrected chi connectivity index (χ2v) is 12.4. The molecule has 13 heteroatoms. The highest BCUT2D eigenvalue weighted by Gasteiger charge is 2.41. The van der Waals surface area contributed by atoms with Gasteiger partial charge in [0.25, 0.3) is 10.0 Å². The Morgan fingerprint density at radius 1 is 1.27 bits per heavy atom. The van der Waals surface area contributed by atoms with Gasteiger partial charge >= 0.3 is 5.97 Å². The molecule has 2 saturated heterocycles. The molecule has 1 aromatic carbocycles. The Bertz CT molecular complexity index is 1470. The van der Waals surface area contributed by atoms with Crippen molar-refractivity contribution in [1.29, 1.82) is 0 Å². The fraction of sp³-hybridized carbons (Fsp3) is 0.417. The molecule has 0 saturated carbocycles. The van der Waals surface area contributed by atoms with Crippen LogP contribution in [0.3, 0.4) is 0 Å². The minimum Gasteiger partial charge on any atom is -0.480 e. The van der Waals surface area contributed by atoms with Crippen LogP contribution in [-0.2, 0) is 26.0 Å². The molecular weight excluding hydrogens is 516 g/mol. The second kappa shape index (κ2) is 9.88. The molecule has 4 N–H and O–H groups in total. The molecule has 5 rings (SSSR count). The fourth-order valence-electron chi connectivity index (χ4n) is 4.95.